The Morgan fingerprint density at radius 1 is 1.15 bits per heavy atom. The summed E-state index contributed by atoms with van der Waals surface area (Å²) < 4.78 is 0.968. The van der Waals surface area contributed by atoms with Crippen LogP contribution in [-0.2, 0) is 11.8 Å². The fourth-order valence-corrected chi connectivity index (χ4v) is 2.67. The predicted molar refractivity (Wildman–Crippen MR) is 129 cm³/mol. The molecule has 5 N–H and O–H groups in total. The molecule has 11 nitrogen and oxygen atoms in total. The van der Waals surface area contributed by atoms with Crippen molar-refractivity contribution in [2.75, 3.05) is 31.3 Å². The molecule has 33 heavy (non-hydrogen) atoms. The molecule has 2 amide bonds. The monoisotopic (exact) mass is 462 g/mol. The minimum absolute atomic E-state index is 0.0254. The number of nitrogens with zero attached hydrogens (tertiary/aromatic N) is 2. The number of carbonyl (C=O) groups excluding carboxylic acids is 2. The maximum atomic E-state index is 12.6. The van der Waals surface area contributed by atoms with Gasteiger partial charge in [-0.3, -0.25) is 29.0 Å². The number of H-pyrrole nitrogens is 1. The van der Waals surface area contributed by atoms with E-state index < -0.39 is 17.0 Å². The summed E-state index contributed by atoms with van der Waals surface area (Å²) >= 11 is 0. The van der Waals surface area contributed by atoms with Crippen LogP contribution in [0.15, 0.2) is 27.8 Å². The van der Waals surface area contributed by atoms with E-state index in [0.29, 0.717) is 0 Å². The van der Waals surface area contributed by atoms with Crippen molar-refractivity contribution in [3.63, 3.8) is 0 Å². The molecule has 0 spiro atoms. The molecule has 0 aliphatic carbocycles. The maximum absolute atomic E-state index is 12.6. The zero-order valence-electron chi connectivity index (χ0n) is 20.2. The number of aryl methyl sites for hydroxylation is 1. The molecule has 182 valence electrons. The van der Waals surface area contributed by atoms with Crippen molar-refractivity contribution in [2.45, 2.75) is 40.2 Å². The van der Waals surface area contributed by atoms with Crippen molar-refractivity contribution >= 4 is 28.9 Å². The normalized spacial score (nSPS) is 10.2. The van der Waals surface area contributed by atoms with Crippen molar-refractivity contribution in [3.8, 4) is 5.75 Å². The lowest BCUT2D eigenvalue weighted by Gasteiger charge is -2.17. The number of aromatic hydroxyl groups is 1. The Hall–Kier alpha value is -3.76. The second-order valence-electron chi connectivity index (χ2n) is 7.86. The van der Waals surface area contributed by atoms with E-state index in [0.717, 1.165) is 4.68 Å². The molecule has 2 rings (SSSR count). The molecule has 0 bridgehead atoms. The number of anilines is 3. The number of phenols is 1. The molecule has 1 aromatic carbocycles. The molecule has 2 aromatic rings. The van der Waals surface area contributed by atoms with E-state index in [2.05, 4.69) is 34.9 Å². The number of aromatic amines is 1. The van der Waals surface area contributed by atoms with Crippen LogP contribution in [0, 0.1) is 0 Å². The third-order valence-electron chi connectivity index (χ3n) is 4.07. The first-order chi connectivity index (χ1) is 15.4. The smallest absolute Gasteiger partial charge is 0.290 e. The quantitative estimate of drug-likeness (QED) is 0.392. The fraction of sp³-hybridized carbons (Fsp3) is 0.455. The van der Waals surface area contributed by atoms with Gasteiger partial charge in [0.05, 0.1) is 17.8 Å². The number of hydrogen-bond acceptors (Lipinski definition) is 7. The summed E-state index contributed by atoms with van der Waals surface area (Å²) in [5.41, 5.74) is -1.51. The third-order valence-corrected chi connectivity index (χ3v) is 4.07. The highest BCUT2D eigenvalue weighted by atomic mass is 16.3. The molecule has 0 saturated carbocycles. The van der Waals surface area contributed by atoms with Crippen molar-refractivity contribution in [2.24, 2.45) is 7.05 Å². The van der Waals surface area contributed by atoms with Crippen LogP contribution in [0.5, 0.6) is 5.75 Å². The van der Waals surface area contributed by atoms with Crippen LogP contribution in [0.4, 0.5) is 17.1 Å². The number of benzene rings is 1. The lowest BCUT2D eigenvalue weighted by Crippen LogP contribution is -2.37. The number of aromatic nitrogens is 2. The predicted octanol–water partition coefficient (Wildman–Crippen LogP) is 1.58. The molecule has 1 heterocycles. The van der Waals surface area contributed by atoms with Gasteiger partial charge in [0.25, 0.3) is 17.0 Å². The van der Waals surface area contributed by atoms with E-state index in [1.807, 2.05) is 0 Å². The van der Waals surface area contributed by atoms with Crippen LogP contribution in [0.25, 0.3) is 0 Å². The SMILES string of the molecule is CC(C)NC(=O)CNc1c(Nc2cccc(C(=O)N(C)C)c2O)c(=O)n(C)[nH]c1=O.CCC. The zero-order chi connectivity index (χ0) is 25.3. The summed E-state index contributed by atoms with van der Waals surface area (Å²) in [6.07, 6.45) is 1.25. The third kappa shape index (κ3) is 7.41. The highest BCUT2D eigenvalue weighted by molar-refractivity contribution is 5.99. The molecule has 0 aliphatic heterocycles. The van der Waals surface area contributed by atoms with Crippen molar-refractivity contribution in [1.82, 2.24) is 20.0 Å². The van der Waals surface area contributed by atoms with Gasteiger partial charge in [0.1, 0.15) is 11.4 Å². The number of hydrogen-bond donors (Lipinski definition) is 5. The fourth-order valence-electron chi connectivity index (χ4n) is 2.67. The lowest BCUT2D eigenvalue weighted by atomic mass is 10.1. The molecular formula is C22H34N6O5. The first kappa shape index (κ1) is 27.3. The average molecular weight is 463 g/mol. The maximum Gasteiger partial charge on any atom is 0.290 e. The molecule has 0 saturated heterocycles. The summed E-state index contributed by atoms with van der Waals surface area (Å²) in [6.45, 7) is 7.59. The van der Waals surface area contributed by atoms with E-state index in [4.69, 9.17) is 0 Å². The Balaban J connectivity index is 0.00000172. The average Bonchev–Trinajstić information content (AvgIpc) is 2.72. The van der Waals surface area contributed by atoms with Crippen molar-refractivity contribution in [3.05, 3.63) is 44.5 Å². The van der Waals surface area contributed by atoms with E-state index >= 15 is 0 Å². The number of nitrogens with one attached hydrogen (secondary N) is 4. The van der Waals surface area contributed by atoms with Gasteiger partial charge in [0, 0.05) is 27.2 Å². The number of amides is 2. The summed E-state index contributed by atoms with van der Waals surface area (Å²) in [6, 6.07) is 4.33. The van der Waals surface area contributed by atoms with Gasteiger partial charge in [-0.2, -0.15) is 0 Å². The summed E-state index contributed by atoms with van der Waals surface area (Å²) in [5, 5.41) is 20.9. The molecular weight excluding hydrogens is 428 g/mol. The van der Waals surface area contributed by atoms with Crippen LogP contribution in [-0.4, -0.2) is 58.3 Å². The topological polar surface area (TPSA) is 149 Å². The summed E-state index contributed by atoms with van der Waals surface area (Å²) in [7, 11) is 4.44. The Bertz CT molecular complexity index is 1090. The van der Waals surface area contributed by atoms with Crippen LogP contribution in [0.3, 0.4) is 0 Å². The van der Waals surface area contributed by atoms with E-state index in [1.54, 1.807) is 27.9 Å². The number of carbonyl (C=O) groups is 2. The van der Waals surface area contributed by atoms with Crippen LogP contribution < -0.4 is 27.1 Å². The first-order valence-corrected chi connectivity index (χ1v) is 10.6. The Kier molecular flexibility index (Phi) is 10.2. The molecule has 0 radical (unpaired) electrons. The van der Waals surface area contributed by atoms with Crippen LogP contribution in [0.2, 0.25) is 0 Å². The van der Waals surface area contributed by atoms with Crippen LogP contribution >= 0.6 is 0 Å². The van der Waals surface area contributed by atoms with Gasteiger partial charge < -0.3 is 26.0 Å². The van der Waals surface area contributed by atoms with Gasteiger partial charge in [-0.05, 0) is 26.0 Å². The molecule has 0 aliphatic rings. The van der Waals surface area contributed by atoms with E-state index in [9.17, 15) is 24.3 Å². The van der Waals surface area contributed by atoms with Crippen molar-refractivity contribution < 1.29 is 14.7 Å². The Morgan fingerprint density at radius 2 is 1.76 bits per heavy atom. The van der Waals surface area contributed by atoms with Crippen LogP contribution in [0.1, 0.15) is 44.5 Å². The van der Waals surface area contributed by atoms with Gasteiger partial charge >= 0.3 is 0 Å². The van der Waals surface area contributed by atoms with Crippen molar-refractivity contribution in [1.29, 1.82) is 0 Å². The second-order valence-corrected chi connectivity index (χ2v) is 7.86. The largest absolute Gasteiger partial charge is 0.505 e. The van der Waals surface area contributed by atoms with Gasteiger partial charge in [0.2, 0.25) is 5.91 Å². The molecule has 0 atom stereocenters. The number of para-hydroxylation sites is 1. The molecule has 0 unspecified atom stereocenters. The van der Waals surface area contributed by atoms with Gasteiger partial charge in [-0.25, -0.2) is 0 Å². The van der Waals surface area contributed by atoms with E-state index in [1.165, 1.54) is 36.6 Å². The molecule has 11 heteroatoms. The first-order valence-electron chi connectivity index (χ1n) is 10.6. The highest BCUT2D eigenvalue weighted by Gasteiger charge is 2.20. The van der Waals surface area contributed by atoms with E-state index in [-0.39, 0.29) is 46.9 Å². The highest BCUT2D eigenvalue weighted by Crippen LogP contribution is 2.31. The van der Waals surface area contributed by atoms with Gasteiger partial charge in [-0.1, -0.05) is 26.3 Å². The zero-order valence-corrected chi connectivity index (χ0v) is 20.2. The minimum atomic E-state index is -0.642. The van der Waals surface area contributed by atoms with Gasteiger partial charge in [-0.15, -0.1) is 0 Å². The summed E-state index contributed by atoms with van der Waals surface area (Å²) in [5.74, 6) is -1.17. The Labute approximate surface area is 192 Å². The minimum Gasteiger partial charge on any atom is -0.505 e. The summed E-state index contributed by atoms with van der Waals surface area (Å²) in [4.78, 5) is 50.5. The lowest BCUT2D eigenvalue weighted by molar-refractivity contribution is -0.119. The number of rotatable bonds is 7. The van der Waals surface area contributed by atoms with Gasteiger partial charge in [0.15, 0.2) is 5.75 Å². The number of phenolic OH excluding ortho intramolecular Hbond substituents is 1. The second kappa shape index (κ2) is 12.3. The molecule has 0 fully saturated rings. The Morgan fingerprint density at radius 3 is 2.30 bits per heavy atom. The standard InChI is InChI=1S/C19H26N6O5.C3H8/c1-10(2)21-13(26)9-20-14-15(19(30)25(5)23-17(14)28)22-12-8-6-7-11(16(12)27)18(29)24(3)4;1-3-2/h6-8,10,20,22,27H,9H2,1-5H3,(H,21,26)(H,23,28);3H2,1-2H3. The molecule has 1 aromatic heterocycles.